The summed E-state index contributed by atoms with van der Waals surface area (Å²) in [6.45, 7) is 9.12. The van der Waals surface area contributed by atoms with Crippen LogP contribution in [0.4, 0.5) is 0 Å². The molecule has 0 bridgehead atoms. The van der Waals surface area contributed by atoms with Crippen molar-refractivity contribution < 1.29 is 4.74 Å². The molecular weight excluding hydrogens is 188 g/mol. The van der Waals surface area contributed by atoms with Crippen molar-refractivity contribution in [3.8, 4) is 0 Å². The zero-order valence-electron chi connectivity index (χ0n) is 9.87. The molecule has 2 aliphatic heterocycles. The molecule has 1 N–H and O–H groups in total. The van der Waals surface area contributed by atoms with Gasteiger partial charge >= 0.3 is 0 Å². The van der Waals surface area contributed by atoms with Gasteiger partial charge in [0.25, 0.3) is 0 Å². The zero-order chi connectivity index (χ0) is 10.5. The van der Waals surface area contributed by atoms with Crippen LogP contribution in [-0.4, -0.2) is 50.3 Å². The Morgan fingerprint density at radius 3 is 2.67 bits per heavy atom. The highest BCUT2D eigenvalue weighted by atomic mass is 16.5. The van der Waals surface area contributed by atoms with Crippen LogP contribution in [0, 0.1) is 5.92 Å². The summed E-state index contributed by atoms with van der Waals surface area (Å²) >= 11 is 0. The molecule has 2 aliphatic rings. The molecule has 0 amide bonds. The molecule has 2 saturated heterocycles. The average Bonchev–Trinajstić information content (AvgIpc) is 2.81. The number of likely N-dealkylation sites (N-methyl/N-ethyl adjacent to an activating group) is 1. The maximum atomic E-state index is 5.41. The van der Waals surface area contributed by atoms with Gasteiger partial charge in [-0.3, -0.25) is 4.90 Å². The molecule has 2 rings (SSSR count). The lowest BCUT2D eigenvalue weighted by Gasteiger charge is -2.32. The molecule has 88 valence electrons. The zero-order valence-corrected chi connectivity index (χ0v) is 9.87. The molecule has 2 heterocycles. The molecule has 0 aliphatic carbocycles. The predicted octanol–water partition coefficient (Wildman–Crippen LogP) is 1.10. The minimum absolute atomic E-state index is 0.790. The first-order valence-corrected chi connectivity index (χ1v) is 6.42. The van der Waals surface area contributed by atoms with Crippen molar-refractivity contribution in [1.82, 2.24) is 10.2 Å². The average molecular weight is 212 g/mol. The smallest absolute Gasteiger partial charge is 0.0469 e. The predicted molar refractivity (Wildman–Crippen MR) is 62.1 cm³/mol. The van der Waals surface area contributed by atoms with Crippen LogP contribution >= 0.6 is 0 Å². The lowest BCUT2D eigenvalue weighted by Crippen LogP contribution is -2.41. The van der Waals surface area contributed by atoms with Crippen molar-refractivity contribution in [2.45, 2.75) is 32.2 Å². The van der Waals surface area contributed by atoms with Gasteiger partial charge in [0.1, 0.15) is 0 Å². The topological polar surface area (TPSA) is 24.5 Å². The van der Waals surface area contributed by atoms with E-state index in [0.717, 1.165) is 25.2 Å². The Bertz CT molecular complexity index is 174. The van der Waals surface area contributed by atoms with Crippen molar-refractivity contribution in [1.29, 1.82) is 0 Å². The van der Waals surface area contributed by atoms with Crippen LogP contribution in [0.1, 0.15) is 26.2 Å². The Morgan fingerprint density at radius 2 is 2.07 bits per heavy atom. The molecule has 3 heteroatoms. The Kier molecular flexibility index (Phi) is 4.42. The number of hydrogen-bond donors (Lipinski definition) is 1. The Labute approximate surface area is 93.2 Å². The van der Waals surface area contributed by atoms with E-state index >= 15 is 0 Å². The first kappa shape index (κ1) is 11.4. The van der Waals surface area contributed by atoms with Gasteiger partial charge in [-0.05, 0) is 38.3 Å². The van der Waals surface area contributed by atoms with Gasteiger partial charge in [0.2, 0.25) is 0 Å². The van der Waals surface area contributed by atoms with Crippen LogP contribution in [0.5, 0.6) is 0 Å². The van der Waals surface area contributed by atoms with Crippen molar-refractivity contribution in [2.75, 3.05) is 39.4 Å². The van der Waals surface area contributed by atoms with E-state index < -0.39 is 0 Å². The first-order chi connectivity index (χ1) is 7.40. The van der Waals surface area contributed by atoms with Gasteiger partial charge in [0.15, 0.2) is 0 Å². The summed E-state index contributed by atoms with van der Waals surface area (Å²) in [6.07, 6.45) is 3.85. The minimum atomic E-state index is 0.790. The lowest BCUT2D eigenvalue weighted by molar-refractivity contribution is 0.0476. The number of rotatable bonds is 4. The van der Waals surface area contributed by atoms with Crippen molar-refractivity contribution >= 4 is 0 Å². The van der Waals surface area contributed by atoms with Crippen LogP contribution in [0.3, 0.4) is 0 Å². The van der Waals surface area contributed by atoms with Crippen LogP contribution < -0.4 is 5.32 Å². The molecule has 0 saturated carbocycles. The second-order valence-electron chi connectivity index (χ2n) is 4.79. The quantitative estimate of drug-likeness (QED) is 0.755. The molecule has 1 atom stereocenters. The maximum absolute atomic E-state index is 5.41. The molecular formula is C12H24N2O. The van der Waals surface area contributed by atoms with Crippen LogP contribution in [-0.2, 0) is 4.74 Å². The van der Waals surface area contributed by atoms with Gasteiger partial charge in [0.05, 0.1) is 0 Å². The molecule has 1 unspecified atom stereocenters. The highest BCUT2D eigenvalue weighted by Gasteiger charge is 2.24. The van der Waals surface area contributed by atoms with E-state index in [-0.39, 0.29) is 0 Å². The van der Waals surface area contributed by atoms with Gasteiger partial charge in [-0.1, -0.05) is 6.92 Å². The second-order valence-corrected chi connectivity index (χ2v) is 4.79. The van der Waals surface area contributed by atoms with E-state index in [0.29, 0.717) is 0 Å². The Balaban J connectivity index is 1.78. The molecule has 0 spiro atoms. The summed E-state index contributed by atoms with van der Waals surface area (Å²) in [5, 5.41) is 3.46. The third kappa shape index (κ3) is 3.16. The summed E-state index contributed by atoms with van der Waals surface area (Å²) in [7, 11) is 0. The number of nitrogens with zero attached hydrogens (tertiary/aromatic N) is 1. The summed E-state index contributed by atoms with van der Waals surface area (Å²) < 4.78 is 5.41. The molecule has 15 heavy (non-hydrogen) atoms. The summed E-state index contributed by atoms with van der Waals surface area (Å²) in [6, 6.07) is 0.790. The SMILES string of the molecule is CCN(CC1CCOCC1)C1CCNC1. The minimum Gasteiger partial charge on any atom is -0.381 e. The summed E-state index contributed by atoms with van der Waals surface area (Å²) in [4.78, 5) is 2.66. The van der Waals surface area contributed by atoms with E-state index in [2.05, 4.69) is 17.1 Å². The fraction of sp³-hybridized carbons (Fsp3) is 1.00. The highest BCUT2D eigenvalue weighted by molar-refractivity contribution is 4.81. The van der Waals surface area contributed by atoms with E-state index in [1.165, 1.54) is 45.4 Å². The third-order valence-electron chi connectivity index (χ3n) is 3.79. The summed E-state index contributed by atoms with van der Waals surface area (Å²) in [5.74, 6) is 0.874. The van der Waals surface area contributed by atoms with Gasteiger partial charge < -0.3 is 10.1 Å². The molecule has 0 aromatic rings. The van der Waals surface area contributed by atoms with Gasteiger partial charge in [0, 0.05) is 32.3 Å². The van der Waals surface area contributed by atoms with Crippen molar-refractivity contribution in [2.24, 2.45) is 5.92 Å². The van der Waals surface area contributed by atoms with Crippen molar-refractivity contribution in [3.05, 3.63) is 0 Å². The van der Waals surface area contributed by atoms with E-state index in [1.807, 2.05) is 0 Å². The van der Waals surface area contributed by atoms with E-state index in [9.17, 15) is 0 Å². The molecule has 3 nitrogen and oxygen atoms in total. The van der Waals surface area contributed by atoms with Gasteiger partial charge in [-0.2, -0.15) is 0 Å². The maximum Gasteiger partial charge on any atom is 0.0469 e. The largest absolute Gasteiger partial charge is 0.381 e. The van der Waals surface area contributed by atoms with Crippen LogP contribution in [0.2, 0.25) is 0 Å². The van der Waals surface area contributed by atoms with Gasteiger partial charge in [-0.15, -0.1) is 0 Å². The normalized spacial score (nSPS) is 28.8. The number of hydrogen-bond acceptors (Lipinski definition) is 3. The molecule has 0 aromatic heterocycles. The fourth-order valence-corrected chi connectivity index (χ4v) is 2.75. The second kappa shape index (κ2) is 5.83. The summed E-state index contributed by atoms with van der Waals surface area (Å²) in [5.41, 5.74) is 0. The highest BCUT2D eigenvalue weighted by Crippen LogP contribution is 2.18. The standard InChI is InChI=1S/C12H24N2O/c1-2-14(12-3-6-13-9-12)10-11-4-7-15-8-5-11/h11-13H,2-10H2,1H3. The number of ether oxygens (including phenoxy) is 1. The fourth-order valence-electron chi connectivity index (χ4n) is 2.75. The molecule has 0 radical (unpaired) electrons. The Hall–Kier alpha value is -0.120. The van der Waals surface area contributed by atoms with E-state index in [4.69, 9.17) is 4.74 Å². The molecule has 0 aromatic carbocycles. The van der Waals surface area contributed by atoms with Crippen LogP contribution in [0.25, 0.3) is 0 Å². The van der Waals surface area contributed by atoms with E-state index in [1.54, 1.807) is 0 Å². The monoisotopic (exact) mass is 212 g/mol. The van der Waals surface area contributed by atoms with Crippen molar-refractivity contribution in [3.63, 3.8) is 0 Å². The lowest BCUT2D eigenvalue weighted by atomic mass is 9.99. The Morgan fingerprint density at radius 1 is 1.27 bits per heavy atom. The van der Waals surface area contributed by atoms with Gasteiger partial charge in [-0.25, -0.2) is 0 Å². The third-order valence-corrected chi connectivity index (χ3v) is 3.79. The number of nitrogens with one attached hydrogen (secondary N) is 1. The first-order valence-electron chi connectivity index (χ1n) is 6.42. The van der Waals surface area contributed by atoms with Crippen LogP contribution in [0.15, 0.2) is 0 Å². The molecule has 2 fully saturated rings.